The molecule has 2 unspecified atom stereocenters. The average Bonchev–Trinajstić information content (AvgIpc) is 3.79. The van der Waals surface area contributed by atoms with Gasteiger partial charge in [-0.1, -0.05) is 35.6 Å². The topological polar surface area (TPSA) is 157 Å². The first kappa shape index (κ1) is 35.1. The lowest BCUT2D eigenvalue weighted by Gasteiger charge is -2.66. The van der Waals surface area contributed by atoms with Crippen LogP contribution in [0.4, 0.5) is 10.9 Å². The number of aromatic nitrogens is 4. The second kappa shape index (κ2) is 13.1. The number of rotatable bonds is 8. The van der Waals surface area contributed by atoms with Crippen molar-refractivity contribution in [2.75, 3.05) is 41.4 Å². The molecule has 5 fully saturated rings. The monoisotopic (exact) mass is 779 g/mol. The van der Waals surface area contributed by atoms with Gasteiger partial charge in [-0.2, -0.15) is 15.7 Å². The van der Waals surface area contributed by atoms with E-state index >= 15 is 0 Å². The fraction of sp³-hybridized carbons (Fsp3) is 0.439. The third-order valence-electron chi connectivity index (χ3n) is 13.1. The smallest absolute Gasteiger partial charge is 0.355 e. The summed E-state index contributed by atoms with van der Waals surface area (Å²) in [6, 6.07) is 17.3. The Bertz CT molecular complexity index is 2280. The molecule has 1 amide bonds. The van der Waals surface area contributed by atoms with E-state index in [9.17, 15) is 23.8 Å². The van der Waals surface area contributed by atoms with Gasteiger partial charge in [-0.25, -0.2) is 14.8 Å². The number of aromatic carboxylic acids is 1. The van der Waals surface area contributed by atoms with Crippen LogP contribution in [0.1, 0.15) is 70.5 Å². The van der Waals surface area contributed by atoms with Crippen LogP contribution in [0.5, 0.6) is 0 Å². The number of carbonyl (C=O) groups is 2. The van der Waals surface area contributed by atoms with Crippen LogP contribution in [0.2, 0.25) is 0 Å². The highest BCUT2D eigenvalue weighted by molar-refractivity contribution is 8.24. The minimum Gasteiger partial charge on any atom is -0.476 e. The standard InChI is InChI=1S/C41H45N7O5S2/c49-37(45-39-43-33-6-1-2-7-34(33)54-39)31-5-3-4-28-10-11-46(23-32(28)31)35-9-8-30(36(44-35)38(50)51)29-21-42-48(22-29)25-40-17-26-16-27(18-40)20-41(19-26,24-40)47-12-14-55(52,53)15-13-47/h1-9,21-22,26-27,52-53H,10-20,23-25H2,(H,50,51)(H,43,45,49). The fourth-order valence-corrected chi connectivity index (χ4v) is 13.3. The van der Waals surface area contributed by atoms with Gasteiger partial charge >= 0.3 is 5.97 Å². The van der Waals surface area contributed by atoms with Crippen LogP contribution >= 0.6 is 21.9 Å². The predicted molar refractivity (Wildman–Crippen MR) is 215 cm³/mol. The summed E-state index contributed by atoms with van der Waals surface area (Å²) in [7, 11) is -2.45. The van der Waals surface area contributed by atoms with Gasteiger partial charge in [-0.05, 0) is 104 Å². The van der Waals surface area contributed by atoms with Crippen LogP contribution in [0.15, 0.2) is 67.0 Å². The SMILES string of the molecule is O=C(Nc1nc2ccccc2s1)c1cccc2c1CN(c1ccc(-c3cnn(CC45CC6CC(C4)CC(N4CCS(O)(O)CC4)(C6)C5)c3)c(C(=O)O)n1)CC2. The van der Waals surface area contributed by atoms with E-state index in [1.54, 1.807) is 6.20 Å². The number of anilines is 2. The molecule has 4 bridgehead atoms. The minimum atomic E-state index is -2.45. The molecule has 3 aromatic heterocycles. The number of hydrogen-bond acceptors (Lipinski definition) is 10. The zero-order valence-corrected chi connectivity index (χ0v) is 32.2. The van der Waals surface area contributed by atoms with E-state index in [2.05, 4.69) is 15.2 Å². The lowest BCUT2D eigenvalue weighted by molar-refractivity contribution is -0.137. The molecular weight excluding hydrogens is 735 g/mol. The normalized spacial score (nSPS) is 27.6. The number of para-hydroxylation sites is 1. The molecule has 1 saturated heterocycles. The summed E-state index contributed by atoms with van der Waals surface area (Å²) in [6.07, 6.45) is 11.6. The maximum Gasteiger partial charge on any atom is 0.355 e. The number of thiazole rings is 1. The van der Waals surface area contributed by atoms with Crippen molar-refractivity contribution >= 4 is 55.0 Å². The van der Waals surface area contributed by atoms with E-state index in [0.29, 0.717) is 64.9 Å². The summed E-state index contributed by atoms with van der Waals surface area (Å²) in [5.41, 5.74) is 4.91. The second-order valence-corrected chi connectivity index (χ2v) is 20.2. The van der Waals surface area contributed by atoms with Gasteiger partial charge in [0, 0.05) is 61.1 Å². The molecule has 4 saturated carbocycles. The van der Waals surface area contributed by atoms with Crippen molar-refractivity contribution in [3.05, 3.63) is 89.4 Å². The van der Waals surface area contributed by atoms with Crippen molar-refractivity contribution in [2.24, 2.45) is 17.3 Å². The highest BCUT2D eigenvalue weighted by Crippen LogP contribution is 2.64. The molecular formula is C41H45N7O5S2. The van der Waals surface area contributed by atoms with Crippen molar-refractivity contribution < 1.29 is 23.8 Å². The Balaban J connectivity index is 0.871. The average molecular weight is 780 g/mol. The lowest BCUT2D eigenvalue weighted by Crippen LogP contribution is -2.65. The molecule has 2 aromatic carbocycles. The van der Waals surface area contributed by atoms with Crippen LogP contribution in [-0.2, 0) is 19.5 Å². The molecule has 286 valence electrons. The summed E-state index contributed by atoms with van der Waals surface area (Å²) in [6.45, 7) is 3.38. The van der Waals surface area contributed by atoms with Gasteiger partial charge < -0.3 is 10.0 Å². The lowest BCUT2D eigenvalue weighted by atomic mass is 9.46. The number of hydrogen-bond donors (Lipinski definition) is 4. The van der Waals surface area contributed by atoms with Crippen molar-refractivity contribution in [3.63, 3.8) is 0 Å². The Kier molecular flexibility index (Phi) is 8.37. The van der Waals surface area contributed by atoms with Crippen molar-refractivity contribution in [3.8, 4) is 11.1 Å². The van der Waals surface area contributed by atoms with Crippen LogP contribution < -0.4 is 10.2 Å². The van der Waals surface area contributed by atoms with E-state index < -0.39 is 16.6 Å². The van der Waals surface area contributed by atoms with Gasteiger partial charge in [0.1, 0.15) is 5.82 Å². The van der Waals surface area contributed by atoms with Crippen molar-refractivity contribution in [1.82, 2.24) is 24.6 Å². The molecule has 5 heterocycles. The molecule has 5 aromatic rings. The highest BCUT2D eigenvalue weighted by Gasteiger charge is 2.60. The fourth-order valence-electron chi connectivity index (χ4n) is 11.2. The molecule has 12 nitrogen and oxygen atoms in total. The zero-order chi connectivity index (χ0) is 37.5. The number of carbonyl (C=O) groups excluding carboxylic acids is 1. The van der Waals surface area contributed by atoms with E-state index in [1.165, 1.54) is 43.4 Å². The number of nitrogens with one attached hydrogen (secondary N) is 1. The maximum absolute atomic E-state index is 13.6. The number of amides is 1. The van der Waals surface area contributed by atoms with Crippen molar-refractivity contribution in [1.29, 1.82) is 0 Å². The van der Waals surface area contributed by atoms with Gasteiger partial charge in [0.15, 0.2) is 10.8 Å². The Morgan fingerprint density at radius 3 is 2.53 bits per heavy atom. The number of carboxylic acids is 1. The van der Waals surface area contributed by atoms with Gasteiger partial charge in [-0.15, -0.1) is 0 Å². The number of pyridine rings is 1. The van der Waals surface area contributed by atoms with Gasteiger partial charge in [0.05, 0.1) is 27.9 Å². The van der Waals surface area contributed by atoms with Crippen LogP contribution in [0, 0.1) is 17.3 Å². The number of benzene rings is 2. The molecule has 14 heteroatoms. The number of fused-ring (bicyclic) bond motifs is 2. The molecule has 6 aliphatic rings. The molecule has 2 atom stereocenters. The summed E-state index contributed by atoms with van der Waals surface area (Å²) >= 11 is 1.44. The third kappa shape index (κ3) is 6.41. The summed E-state index contributed by atoms with van der Waals surface area (Å²) < 4.78 is 23.7. The molecule has 0 radical (unpaired) electrons. The minimum absolute atomic E-state index is 0.0189. The van der Waals surface area contributed by atoms with Crippen molar-refractivity contribution in [2.45, 2.75) is 63.6 Å². The van der Waals surface area contributed by atoms with Gasteiger partial charge in [-0.3, -0.25) is 28.8 Å². The second-order valence-electron chi connectivity index (χ2n) is 16.7. The molecule has 55 heavy (non-hydrogen) atoms. The quantitative estimate of drug-likeness (QED) is 0.125. The summed E-state index contributed by atoms with van der Waals surface area (Å²) in [5.74, 6) is 1.55. The van der Waals surface area contributed by atoms with E-state index in [4.69, 9.17) is 10.1 Å². The zero-order valence-electron chi connectivity index (χ0n) is 30.6. The molecule has 11 rings (SSSR count). The Morgan fingerprint density at radius 1 is 0.945 bits per heavy atom. The first-order chi connectivity index (χ1) is 26.5. The maximum atomic E-state index is 13.6. The number of carboxylic acid groups (broad SMARTS) is 1. The van der Waals surface area contributed by atoms with Gasteiger partial charge in [0.25, 0.3) is 5.91 Å². The predicted octanol–water partition coefficient (Wildman–Crippen LogP) is 7.47. The van der Waals surface area contributed by atoms with E-state index in [1.807, 2.05) is 70.4 Å². The van der Waals surface area contributed by atoms with Crippen LogP contribution in [-0.4, -0.2) is 87.4 Å². The van der Waals surface area contributed by atoms with Gasteiger partial charge in [0.2, 0.25) is 0 Å². The van der Waals surface area contributed by atoms with Crippen LogP contribution in [0.25, 0.3) is 21.3 Å². The Morgan fingerprint density at radius 2 is 1.75 bits per heavy atom. The van der Waals surface area contributed by atoms with E-state index in [0.717, 1.165) is 53.0 Å². The largest absolute Gasteiger partial charge is 0.476 e. The van der Waals surface area contributed by atoms with Crippen LogP contribution in [0.3, 0.4) is 0 Å². The molecule has 4 aliphatic carbocycles. The Hall–Kier alpha value is -4.34. The first-order valence-electron chi connectivity index (χ1n) is 19.3. The first-order valence-corrected chi connectivity index (χ1v) is 22.0. The highest BCUT2D eigenvalue weighted by atomic mass is 32.3. The third-order valence-corrected chi connectivity index (χ3v) is 15.7. The van der Waals surface area contributed by atoms with E-state index in [-0.39, 0.29) is 22.6 Å². The molecule has 2 aliphatic heterocycles. The summed E-state index contributed by atoms with van der Waals surface area (Å²) in [4.78, 5) is 40.3. The Labute approximate surface area is 324 Å². The molecule has 0 spiro atoms. The molecule has 4 N–H and O–H groups in total. The summed E-state index contributed by atoms with van der Waals surface area (Å²) in [5, 5.41) is 18.8. The number of nitrogens with zero attached hydrogens (tertiary/aromatic N) is 6.